The Bertz CT molecular complexity index is 172. The van der Waals surface area contributed by atoms with Gasteiger partial charge in [-0.05, 0) is 19.3 Å². The summed E-state index contributed by atoms with van der Waals surface area (Å²) >= 11 is 0. The largest absolute Gasteiger partial charge is 0.0732 e. The van der Waals surface area contributed by atoms with Gasteiger partial charge in [0.1, 0.15) is 0 Å². The third-order valence-corrected chi connectivity index (χ3v) is 2.11. The van der Waals surface area contributed by atoms with Crippen LogP contribution in [0.5, 0.6) is 0 Å². The van der Waals surface area contributed by atoms with Gasteiger partial charge in [-0.1, -0.05) is 43.6 Å². The minimum absolute atomic E-state index is 1.17. The highest BCUT2D eigenvalue weighted by Gasteiger charge is 2.03. The van der Waals surface area contributed by atoms with Gasteiger partial charge in [0, 0.05) is 6.42 Å². The zero-order valence-electron chi connectivity index (χ0n) is 7.56. The zero-order chi connectivity index (χ0) is 8.10. The highest BCUT2D eigenvalue weighted by Crippen LogP contribution is 2.22. The molecular formula is C11H17. The van der Waals surface area contributed by atoms with Crippen molar-refractivity contribution in [1.82, 2.24) is 0 Å². The lowest BCUT2D eigenvalue weighted by molar-refractivity contribution is 0.799. The van der Waals surface area contributed by atoms with E-state index in [4.69, 9.17) is 0 Å². The highest BCUT2D eigenvalue weighted by molar-refractivity contribution is 5.40. The van der Waals surface area contributed by atoms with Gasteiger partial charge in [0.2, 0.25) is 0 Å². The van der Waals surface area contributed by atoms with E-state index in [1.807, 2.05) is 0 Å². The monoisotopic (exact) mass is 149 g/mol. The number of hydrogen-bond donors (Lipinski definition) is 0. The Morgan fingerprint density at radius 2 is 2.00 bits per heavy atom. The van der Waals surface area contributed by atoms with Crippen molar-refractivity contribution < 1.29 is 0 Å². The van der Waals surface area contributed by atoms with Crippen LogP contribution in [0.2, 0.25) is 0 Å². The van der Waals surface area contributed by atoms with Crippen molar-refractivity contribution in [1.29, 1.82) is 0 Å². The van der Waals surface area contributed by atoms with Gasteiger partial charge in [-0.2, -0.15) is 0 Å². The summed E-state index contributed by atoms with van der Waals surface area (Å²) in [5.41, 5.74) is 3.00. The summed E-state index contributed by atoms with van der Waals surface area (Å²) < 4.78 is 0. The van der Waals surface area contributed by atoms with E-state index in [2.05, 4.69) is 32.4 Å². The molecule has 0 spiro atoms. The molecule has 0 aromatic rings. The predicted octanol–water partition coefficient (Wildman–Crippen LogP) is 3.66. The van der Waals surface area contributed by atoms with E-state index >= 15 is 0 Å². The third kappa shape index (κ3) is 2.53. The topological polar surface area (TPSA) is 0 Å². The molecule has 1 radical (unpaired) electrons. The van der Waals surface area contributed by atoms with Gasteiger partial charge in [-0.15, -0.1) is 0 Å². The molecule has 0 N–H and O–H groups in total. The van der Waals surface area contributed by atoms with Crippen LogP contribution >= 0.6 is 0 Å². The fourth-order valence-corrected chi connectivity index (χ4v) is 1.30. The Labute approximate surface area is 70.0 Å². The first-order chi connectivity index (χ1) is 5.36. The molecule has 0 aliphatic heterocycles. The van der Waals surface area contributed by atoms with Crippen molar-refractivity contribution in [3.05, 3.63) is 29.7 Å². The second-order valence-electron chi connectivity index (χ2n) is 3.08. The van der Waals surface area contributed by atoms with Crippen LogP contribution in [-0.4, -0.2) is 0 Å². The molecule has 0 saturated heterocycles. The maximum Gasteiger partial charge on any atom is 0.00862 e. The number of rotatable bonds is 4. The average Bonchev–Trinajstić information content (AvgIpc) is 2.48. The molecule has 0 unspecified atom stereocenters. The molecule has 11 heavy (non-hydrogen) atoms. The van der Waals surface area contributed by atoms with Crippen LogP contribution in [0.1, 0.15) is 39.5 Å². The summed E-state index contributed by atoms with van der Waals surface area (Å²) in [6, 6.07) is 0. The van der Waals surface area contributed by atoms with E-state index in [0.29, 0.717) is 0 Å². The lowest BCUT2D eigenvalue weighted by atomic mass is 10.1. The van der Waals surface area contributed by atoms with Gasteiger partial charge in [0.05, 0.1) is 0 Å². The van der Waals surface area contributed by atoms with Crippen LogP contribution in [0, 0.1) is 6.42 Å². The van der Waals surface area contributed by atoms with Gasteiger partial charge in [0.25, 0.3) is 0 Å². The molecule has 0 atom stereocenters. The molecule has 61 valence electrons. The Kier molecular flexibility index (Phi) is 3.41. The number of allylic oxidation sites excluding steroid dienone is 4. The summed E-state index contributed by atoms with van der Waals surface area (Å²) in [5, 5.41) is 0. The standard InChI is InChI=1S/C11H17/c1-3-5-6-11-8-7-10(4-2)9-11/h7-9H,3-6H2,1-2H3. The fourth-order valence-electron chi connectivity index (χ4n) is 1.30. The summed E-state index contributed by atoms with van der Waals surface area (Å²) in [7, 11) is 0. The molecule has 0 aromatic heterocycles. The Morgan fingerprint density at radius 3 is 2.55 bits per heavy atom. The van der Waals surface area contributed by atoms with Crippen molar-refractivity contribution in [2.45, 2.75) is 39.5 Å². The lowest BCUT2D eigenvalue weighted by Crippen LogP contribution is -1.75. The third-order valence-electron chi connectivity index (χ3n) is 2.11. The SMILES string of the molecule is CCCCC1=C[CH]C(CC)=C1. The predicted molar refractivity (Wildman–Crippen MR) is 50.3 cm³/mol. The molecule has 0 aromatic carbocycles. The van der Waals surface area contributed by atoms with Crippen molar-refractivity contribution in [2.75, 3.05) is 0 Å². The van der Waals surface area contributed by atoms with Crippen LogP contribution in [0.15, 0.2) is 23.3 Å². The lowest BCUT2D eigenvalue weighted by Gasteiger charge is -1.95. The van der Waals surface area contributed by atoms with Crippen LogP contribution < -0.4 is 0 Å². The normalized spacial score (nSPS) is 16.5. The van der Waals surface area contributed by atoms with Crippen molar-refractivity contribution in [3.8, 4) is 0 Å². The first-order valence-corrected chi connectivity index (χ1v) is 4.61. The molecule has 0 bridgehead atoms. The quantitative estimate of drug-likeness (QED) is 0.572. The second-order valence-corrected chi connectivity index (χ2v) is 3.08. The molecule has 0 saturated carbocycles. The van der Waals surface area contributed by atoms with Gasteiger partial charge < -0.3 is 0 Å². The molecule has 0 fully saturated rings. The van der Waals surface area contributed by atoms with E-state index in [0.717, 1.165) is 0 Å². The zero-order valence-corrected chi connectivity index (χ0v) is 7.56. The average molecular weight is 149 g/mol. The first kappa shape index (κ1) is 8.58. The van der Waals surface area contributed by atoms with E-state index < -0.39 is 0 Å². The van der Waals surface area contributed by atoms with Gasteiger partial charge in [-0.3, -0.25) is 0 Å². The first-order valence-electron chi connectivity index (χ1n) is 4.61. The van der Waals surface area contributed by atoms with Crippen molar-refractivity contribution >= 4 is 0 Å². The maximum absolute atomic E-state index is 2.33. The summed E-state index contributed by atoms with van der Waals surface area (Å²) in [6.07, 6.45) is 11.9. The Hall–Kier alpha value is -0.520. The van der Waals surface area contributed by atoms with Crippen LogP contribution in [0.25, 0.3) is 0 Å². The number of unbranched alkanes of at least 4 members (excludes halogenated alkanes) is 1. The molecule has 0 heterocycles. The van der Waals surface area contributed by atoms with Gasteiger partial charge >= 0.3 is 0 Å². The van der Waals surface area contributed by atoms with Gasteiger partial charge in [0.15, 0.2) is 0 Å². The maximum atomic E-state index is 2.33. The van der Waals surface area contributed by atoms with E-state index in [1.165, 1.54) is 36.8 Å². The van der Waals surface area contributed by atoms with E-state index in [1.54, 1.807) is 0 Å². The van der Waals surface area contributed by atoms with Crippen molar-refractivity contribution in [3.63, 3.8) is 0 Å². The van der Waals surface area contributed by atoms with Crippen LogP contribution in [-0.2, 0) is 0 Å². The Balaban J connectivity index is 2.31. The summed E-state index contributed by atoms with van der Waals surface area (Å²) in [6.45, 7) is 4.45. The minimum Gasteiger partial charge on any atom is -0.0732 e. The number of hydrogen-bond acceptors (Lipinski definition) is 0. The molecule has 1 aliphatic carbocycles. The Morgan fingerprint density at radius 1 is 1.18 bits per heavy atom. The smallest absolute Gasteiger partial charge is 0.00862 e. The molecular weight excluding hydrogens is 132 g/mol. The summed E-state index contributed by atoms with van der Waals surface area (Å²) in [4.78, 5) is 0. The van der Waals surface area contributed by atoms with Crippen LogP contribution in [0.3, 0.4) is 0 Å². The van der Waals surface area contributed by atoms with E-state index in [9.17, 15) is 0 Å². The van der Waals surface area contributed by atoms with E-state index in [-0.39, 0.29) is 0 Å². The fraction of sp³-hybridized carbons (Fsp3) is 0.545. The molecule has 1 rings (SSSR count). The van der Waals surface area contributed by atoms with Gasteiger partial charge in [-0.25, -0.2) is 0 Å². The molecule has 0 amide bonds. The van der Waals surface area contributed by atoms with Crippen LogP contribution in [0.4, 0.5) is 0 Å². The van der Waals surface area contributed by atoms with Crippen molar-refractivity contribution in [2.24, 2.45) is 0 Å². The molecule has 0 nitrogen and oxygen atoms in total. The molecule has 1 aliphatic rings. The highest BCUT2D eigenvalue weighted by atomic mass is 14.1. The molecule has 0 heteroatoms. The summed E-state index contributed by atoms with van der Waals surface area (Å²) in [5.74, 6) is 0. The second kappa shape index (κ2) is 4.38. The minimum atomic E-state index is 1.17.